The first-order valence-corrected chi connectivity index (χ1v) is 9.59. The second-order valence-electron chi connectivity index (χ2n) is 6.78. The van der Waals surface area contributed by atoms with Crippen LogP contribution in [0.5, 0.6) is 0 Å². The molecule has 1 aromatic heterocycles. The number of hydrogen-bond donors (Lipinski definition) is 2. The van der Waals surface area contributed by atoms with Crippen molar-refractivity contribution in [2.75, 3.05) is 19.0 Å². The van der Waals surface area contributed by atoms with Crippen LogP contribution in [0.4, 0.5) is 14.9 Å². The number of esters is 1. The molecule has 1 aliphatic rings. The van der Waals surface area contributed by atoms with Crippen LogP contribution in [0.2, 0.25) is 5.02 Å². The van der Waals surface area contributed by atoms with Crippen LogP contribution in [0, 0.1) is 5.82 Å². The molecule has 2 aromatic carbocycles. The number of anilines is 1. The highest BCUT2D eigenvalue weighted by Gasteiger charge is 2.34. The Morgan fingerprint density at radius 2 is 2.13 bits per heavy atom. The highest BCUT2D eigenvalue weighted by atomic mass is 35.5. The summed E-state index contributed by atoms with van der Waals surface area (Å²) in [5.74, 6) is -0.996. The van der Waals surface area contributed by atoms with E-state index in [1.807, 2.05) is 0 Å². The largest absolute Gasteiger partial charge is 0.465 e. The number of halogens is 2. The van der Waals surface area contributed by atoms with Crippen molar-refractivity contribution >= 4 is 29.3 Å². The summed E-state index contributed by atoms with van der Waals surface area (Å²) in [6.45, 7) is 0.402. The summed E-state index contributed by atoms with van der Waals surface area (Å²) in [6.07, 6.45) is 2.16. The molecule has 2 heterocycles. The van der Waals surface area contributed by atoms with Gasteiger partial charge in [0.15, 0.2) is 0 Å². The third kappa shape index (κ3) is 3.73. The normalized spacial score (nSPS) is 15.4. The Labute approximate surface area is 176 Å². The molecule has 0 saturated heterocycles. The van der Waals surface area contributed by atoms with E-state index < -0.39 is 23.9 Å². The molecule has 0 saturated carbocycles. The van der Waals surface area contributed by atoms with Gasteiger partial charge >= 0.3 is 12.0 Å². The molecule has 1 aliphatic heterocycles. The van der Waals surface area contributed by atoms with Gasteiger partial charge in [-0.3, -0.25) is 0 Å². The zero-order valence-corrected chi connectivity index (χ0v) is 16.7. The standard InChI is InChI=1S/C21H18ClFN4O3/c1-30-20(28)15-10-14(5-6-16(15)22)26-21(29)27-8-7-17-18(25-11-24-17)19(27)12-3-2-4-13(23)9-12/h2-6,9-11,19H,7-8H2,1H3,(H,24,25)(H,26,29). The Morgan fingerprint density at radius 1 is 1.30 bits per heavy atom. The number of aromatic nitrogens is 2. The fourth-order valence-electron chi connectivity index (χ4n) is 3.57. The van der Waals surface area contributed by atoms with Crippen LogP contribution in [0.3, 0.4) is 0 Å². The average molecular weight is 429 g/mol. The number of fused-ring (bicyclic) bond motifs is 1. The van der Waals surface area contributed by atoms with E-state index in [1.165, 1.54) is 31.4 Å². The van der Waals surface area contributed by atoms with Crippen LogP contribution >= 0.6 is 11.6 Å². The number of imidazole rings is 1. The molecule has 0 bridgehead atoms. The van der Waals surface area contributed by atoms with Crippen molar-refractivity contribution in [1.82, 2.24) is 14.9 Å². The topological polar surface area (TPSA) is 87.3 Å². The molecule has 0 aliphatic carbocycles. The van der Waals surface area contributed by atoms with Crippen molar-refractivity contribution in [3.05, 3.63) is 82.1 Å². The lowest BCUT2D eigenvalue weighted by Crippen LogP contribution is -2.43. The first kappa shape index (κ1) is 19.9. The molecule has 9 heteroatoms. The number of carbonyl (C=O) groups is 2. The Morgan fingerprint density at radius 3 is 2.90 bits per heavy atom. The average Bonchev–Trinajstić information content (AvgIpc) is 3.22. The van der Waals surface area contributed by atoms with E-state index in [0.29, 0.717) is 29.9 Å². The third-order valence-electron chi connectivity index (χ3n) is 4.97. The first-order chi connectivity index (χ1) is 14.5. The van der Waals surface area contributed by atoms with Crippen LogP contribution in [0.1, 0.15) is 33.4 Å². The van der Waals surface area contributed by atoms with Gasteiger partial charge < -0.3 is 19.9 Å². The molecule has 3 aromatic rings. The van der Waals surface area contributed by atoms with E-state index >= 15 is 0 Å². The fourth-order valence-corrected chi connectivity index (χ4v) is 3.77. The Balaban J connectivity index is 1.65. The number of ether oxygens (including phenoxy) is 1. The number of carbonyl (C=O) groups excluding carboxylic acids is 2. The zero-order chi connectivity index (χ0) is 21.3. The molecular formula is C21H18ClFN4O3. The molecule has 4 rings (SSSR count). The predicted octanol–water partition coefficient (Wildman–Crippen LogP) is 4.17. The molecule has 0 spiro atoms. The monoisotopic (exact) mass is 428 g/mol. The van der Waals surface area contributed by atoms with E-state index in [4.69, 9.17) is 16.3 Å². The van der Waals surface area contributed by atoms with Gasteiger partial charge in [0.25, 0.3) is 0 Å². The molecule has 0 radical (unpaired) electrons. The van der Waals surface area contributed by atoms with Gasteiger partial charge in [0.05, 0.1) is 29.7 Å². The number of benzene rings is 2. The Kier molecular flexibility index (Phi) is 5.41. The summed E-state index contributed by atoms with van der Waals surface area (Å²) in [5, 5.41) is 3.00. The summed E-state index contributed by atoms with van der Waals surface area (Å²) >= 11 is 6.05. The molecule has 1 atom stereocenters. The van der Waals surface area contributed by atoms with Crippen LogP contribution in [-0.4, -0.2) is 40.5 Å². The number of urea groups is 1. The quantitative estimate of drug-likeness (QED) is 0.613. The van der Waals surface area contributed by atoms with Crippen molar-refractivity contribution in [2.24, 2.45) is 0 Å². The summed E-state index contributed by atoms with van der Waals surface area (Å²) in [4.78, 5) is 34.0. The number of nitrogens with zero attached hydrogens (tertiary/aromatic N) is 2. The lowest BCUT2D eigenvalue weighted by Gasteiger charge is -2.35. The van der Waals surface area contributed by atoms with Crippen molar-refractivity contribution < 1.29 is 18.7 Å². The fraction of sp³-hybridized carbons (Fsp3) is 0.190. The van der Waals surface area contributed by atoms with E-state index in [-0.39, 0.29) is 10.6 Å². The van der Waals surface area contributed by atoms with Gasteiger partial charge in [-0.1, -0.05) is 23.7 Å². The molecule has 154 valence electrons. The highest BCUT2D eigenvalue weighted by Crippen LogP contribution is 2.34. The van der Waals surface area contributed by atoms with Gasteiger partial charge in [-0.2, -0.15) is 0 Å². The zero-order valence-electron chi connectivity index (χ0n) is 16.0. The minimum absolute atomic E-state index is 0.145. The molecule has 30 heavy (non-hydrogen) atoms. The van der Waals surface area contributed by atoms with Crippen LogP contribution in [-0.2, 0) is 11.2 Å². The van der Waals surface area contributed by atoms with Gasteiger partial charge in [0.1, 0.15) is 11.9 Å². The summed E-state index contributed by atoms with van der Waals surface area (Å²) in [6, 6.07) is 9.70. The number of hydrogen-bond acceptors (Lipinski definition) is 4. The third-order valence-corrected chi connectivity index (χ3v) is 5.30. The summed E-state index contributed by atoms with van der Waals surface area (Å²) in [5.41, 5.74) is 2.73. The van der Waals surface area contributed by atoms with Crippen molar-refractivity contribution in [2.45, 2.75) is 12.5 Å². The minimum atomic E-state index is -0.604. The lowest BCUT2D eigenvalue weighted by molar-refractivity contribution is 0.0601. The maximum absolute atomic E-state index is 13.9. The van der Waals surface area contributed by atoms with Crippen molar-refractivity contribution in [3.63, 3.8) is 0 Å². The van der Waals surface area contributed by atoms with Crippen molar-refractivity contribution in [1.29, 1.82) is 0 Å². The van der Waals surface area contributed by atoms with Crippen LogP contribution < -0.4 is 5.32 Å². The summed E-state index contributed by atoms with van der Waals surface area (Å²) < 4.78 is 18.6. The maximum Gasteiger partial charge on any atom is 0.339 e. The smallest absolute Gasteiger partial charge is 0.339 e. The maximum atomic E-state index is 13.9. The SMILES string of the molecule is COC(=O)c1cc(NC(=O)N2CCc3[nH]cnc3C2c2cccc(F)c2)ccc1Cl. The van der Waals surface area contributed by atoms with Crippen molar-refractivity contribution in [3.8, 4) is 0 Å². The second kappa shape index (κ2) is 8.16. The van der Waals surface area contributed by atoms with Gasteiger partial charge in [0, 0.05) is 24.3 Å². The Bertz CT molecular complexity index is 1120. The van der Waals surface area contributed by atoms with Gasteiger partial charge in [-0.25, -0.2) is 19.0 Å². The Hall–Kier alpha value is -3.39. The first-order valence-electron chi connectivity index (χ1n) is 9.21. The number of methoxy groups -OCH3 is 1. The van der Waals surface area contributed by atoms with Gasteiger partial charge in [-0.15, -0.1) is 0 Å². The predicted molar refractivity (Wildman–Crippen MR) is 109 cm³/mol. The van der Waals surface area contributed by atoms with E-state index in [9.17, 15) is 14.0 Å². The summed E-state index contributed by atoms with van der Waals surface area (Å²) in [7, 11) is 1.25. The molecule has 7 nitrogen and oxygen atoms in total. The molecule has 1 unspecified atom stereocenters. The number of amides is 2. The van der Waals surface area contributed by atoms with Gasteiger partial charge in [0.2, 0.25) is 0 Å². The molecule has 0 fully saturated rings. The molecule has 2 N–H and O–H groups in total. The van der Waals surface area contributed by atoms with Gasteiger partial charge in [-0.05, 0) is 35.9 Å². The van der Waals surface area contributed by atoms with E-state index in [1.54, 1.807) is 29.4 Å². The number of H-pyrrole nitrogens is 1. The number of aromatic amines is 1. The minimum Gasteiger partial charge on any atom is -0.465 e. The number of rotatable bonds is 3. The number of nitrogens with one attached hydrogen (secondary N) is 2. The van der Waals surface area contributed by atoms with Crippen LogP contribution in [0.25, 0.3) is 0 Å². The van der Waals surface area contributed by atoms with E-state index in [2.05, 4.69) is 15.3 Å². The van der Waals surface area contributed by atoms with E-state index in [0.717, 1.165) is 5.69 Å². The highest BCUT2D eigenvalue weighted by molar-refractivity contribution is 6.33. The lowest BCUT2D eigenvalue weighted by atomic mass is 9.96. The second-order valence-corrected chi connectivity index (χ2v) is 7.19. The molecule has 2 amide bonds. The molecular weight excluding hydrogens is 411 g/mol. The van der Waals surface area contributed by atoms with Crippen LogP contribution in [0.15, 0.2) is 48.8 Å².